The van der Waals surface area contributed by atoms with Crippen LogP contribution in [-0.2, 0) is 9.59 Å². The maximum Gasteiger partial charge on any atom is 0.298 e. The van der Waals surface area contributed by atoms with E-state index in [-0.39, 0.29) is 6.10 Å². The molecule has 0 aromatic carbocycles. The van der Waals surface area contributed by atoms with Crippen LogP contribution in [0.25, 0.3) is 0 Å². The van der Waals surface area contributed by atoms with Crippen molar-refractivity contribution in [2.75, 3.05) is 13.1 Å². The second kappa shape index (κ2) is 3.48. The van der Waals surface area contributed by atoms with E-state index in [1.54, 1.807) is 0 Å². The molecule has 0 aliphatic carbocycles. The zero-order valence-corrected chi connectivity index (χ0v) is 6.12. The lowest BCUT2D eigenvalue weighted by atomic mass is 10.1. The van der Waals surface area contributed by atoms with Gasteiger partial charge in [-0.15, -0.1) is 0 Å². The number of aliphatic hydroxyl groups is 1. The lowest BCUT2D eigenvalue weighted by molar-refractivity contribution is -0.126. The lowest BCUT2D eigenvalue weighted by Crippen LogP contribution is -2.40. The summed E-state index contributed by atoms with van der Waals surface area (Å²) in [6.45, 7) is 0.935. The summed E-state index contributed by atoms with van der Waals surface area (Å²) >= 11 is 0. The molecule has 0 aromatic heterocycles. The number of hydrogen-bond donors (Lipinski definition) is 1. The van der Waals surface area contributed by atoms with Crippen molar-refractivity contribution in [3.63, 3.8) is 0 Å². The van der Waals surface area contributed by atoms with E-state index >= 15 is 0 Å². The molecular formula is C7H10NO3. The summed E-state index contributed by atoms with van der Waals surface area (Å²) in [5, 5.41) is 9.04. The van der Waals surface area contributed by atoms with Gasteiger partial charge in [-0.2, -0.15) is 0 Å². The van der Waals surface area contributed by atoms with Crippen LogP contribution in [0.15, 0.2) is 0 Å². The number of rotatable bonds is 1. The molecule has 11 heavy (non-hydrogen) atoms. The van der Waals surface area contributed by atoms with E-state index in [1.165, 1.54) is 11.2 Å². The van der Waals surface area contributed by atoms with Crippen molar-refractivity contribution in [3.05, 3.63) is 0 Å². The second-order valence-electron chi connectivity index (χ2n) is 2.63. The SMILES string of the molecule is O=[C]C(=O)N1CCC(O)CC1. The molecule has 1 saturated heterocycles. The third kappa shape index (κ3) is 2.01. The molecule has 0 atom stereocenters. The van der Waals surface area contributed by atoms with Crippen molar-refractivity contribution < 1.29 is 14.7 Å². The van der Waals surface area contributed by atoms with Gasteiger partial charge in [0.25, 0.3) is 12.2 Å². The summed E-state index contributed by atoms with van der Waals surface area (Å²) in [7, 11) is 0. The normalized spacial score (nSPS) is 19.9. The highest BCUT2D eigenvalue weighted by molar-refractivity contribution is 6.23. The molecule has 1 rings (SSSR count). The highest BCUT2D eigenvalue weighted by atomic mass is 16.3. The number of likely N-dealkylation sites (tertiary alicyclic amines) is 1. The summed E-state index contributed by atoms with van der Waals surface area (Å²) in [4.78, 5) is 22.0. The molecule has 0 spiro atoms. The maximum absolute atomic E-state index is 10.7. The summed E-state index contributed by atoms with van der Waals surface area (Å²) in [5.41, 5.74) is 0. The summed E-state index contributed by atoms with van der Waals surface area (Å²) < 4.78 is 0. The largest absolute Gasteiger partial charge is 0.393 e. The van der Waals surface area contributed by atoms with E-state index in [1.807, 2.05) is 0 Å². The highest BCUT2D eigenvalue weighted by Crippen LogP contribution is 2.08. The van der Waals surface area contributed by atoms with Crippen LogP contribution >= 0.6 is 0 Å². The van der Waals surface area contributed by atoms with Gasteiger partial charge in [0.1, 0.15) is 0 Å². The van der Waals surface area contributed by atoms with Crippen molar-refractivity contribution in [2.45, 2.75) is 18.9 Å². The lowest BCUT2D eigenvalue weighted by Gasteiger charge is -2.27. The van der Waals surface area contributed by atoms with Gasteiger partial charge in [-0.25, -0.2) is 0 Å². The summed E-state index contributed by atoms with van der Waals surface area (Å²) in [5.74, 6) is -0.600. The number of hydrogen-bond acceptors (Lipinski definition) is 3. The Balaban J connectivity index is 2.38. The first-order valence-corrected chi connectivity index (χ1v) is 3.59. The first-order valence-electron chi connectivity index (χ1n) is 3.59. The first-order chi connectivity index (χ1) is 5.24. The number of carbonyl (C=O) groups is 1. The minimum absolute atomic E-state index is 0.314. The van der Waals surface area contributed by atoms with Gasteiger partial charge >= 0.3 is 0 Å². The van der Waals surface area contributed by atoms with Gasteiger partial charge in [0, 0.05) is 13.1 Å². The number of amides is 1. The number of aliphatic hydroxyl groups excluding tert-OH is 1. The van der Waals surface area contributed by atoms with Crippen molar-refractivity contribution in [1.82, 2.24) is 4.90 Å². The molecule has 0 saturated carbocycles. The van der Waals surface area contributed by atoms with Gasteiger partial charge in [-0.3, -0.25) is 9.59 Å². The molecule has 1 aliphatic rings. The molecule has 1 radical (unpaired) electrons. The Morgan fingerprint density at radius 3 is 2.45 bits per heavy atom. The predicted octanol–water partition coefficient (Wildman–Crippen LogP) is -0.921. The number of nitrogens with zero attached hydrogens (tertiary/aromatic N) is 1. The van der Waals surface area contributed by atoms with Crippen molar-refractivity contribution in [3.8, 4) is 0 Å². The van der Waals surface area contributed by atoms with Crippen LogP contribution in [0, 0.1) is 0 Å². The molecular weight excluding hydrogens is 146 g/mol. The molecule has 0 aromatic rings. The fourth-order valence-electron chi connectivity index (χ4n) is 1.13. The zero-order chi connectivity index (χ0) is 8.27. The van der Waals surface area contributed by atoms with Crippen molar-refractivity contribution in [2.24, 2.45) is 0 Å². The molecule has 1 heterocycles. The number of carbonyl (C=O) groups excluding carboxylic acids is 2. The molecule has 0 unspecified atom stereocenters. The van der Waals surface area contributed by atoms with Gasteiger partial charge < -0.3 is 10.0 Å². The van der Waals surface area contributed by atoms with E-state index in [2.05, 4.69) is 0 Å². The van der Waals surface area contributed by atoms with Crippen molar-refractivity contribution in [1.29, 1.82) is 0 Å². The smallest absolute Gasteiger partial charge is 0.298 e. The quantitative estimate of drug-likeness (QED) is 0.499. The van der Waals surface area contributed by atoms with E-state index in [0.717, 1.165) is 0 Å². The standard InChI is InChI=1S/C7H10NO3/c9-5-7(11)8-3-1-6(10)2-4-8/h6,10H,1-4H2. The molecule has 4 nitrogen and oxygen atoms in total. The summed E-state index contributed by atoms with van der Waals surface area (Å²) in [6.07, 6.45) is 2.12. The Morgan fingerprint density at radius 2 is 2.00 bits per heavy atom. The van der Waals surface area contributed by atoms with Gasteiger partial charge in [0.05, 0.1) is 6.10 Å². The van der Waals surface area contributed by atoms with E-state index in [4.69, 9.17) is 5.11 Å². The maximum atomic E-state index is 10.7. The van der Waals surface area contributed by atoms with E-state index in [0.29, 0.717) is 25.9 Å². The molecule has 4 heteroatoms. The molecule has 61 valence electrons. The van der Waals surface area contributed by atoms with Gasteiger partial charge in [0.2, 0.25) is 0 Å². The Bertz CT molecular complexity index is 161. The molecule has 0 bridgehead atoms. The third-order valence-corrected chi connectivity index (χ3v) is 1.84. The Kier molecular flexibility index (Phi) is 2.59. The van der Waals surface area contributed by atoms with Crippen LogP contribution in [0.1, 0.15) is 12.8 Å². The fourth-order valence-corrected chi connectivity index (χ4v) is 1.13. The minimum atomic E-state index is -0.600. The van der Waals surface area contributed by atoms with Crippen LogP contribution in [0.3, 0.4) is 0 Å². The average molecular weight is 156 g/mol. The Labute approximate surface area is 64.8 Å². The van der Waals surface area contributed by atoms with Crippen molar-refractivity contribution >= 4 is 12.2 Å². The topological polar surface area (TPSA) is 57.6 Å². The molecule has 1 fully saturated rings. The van der Waals surface area contributed by atoms with Crippen LogP contribution in [0.2, 0.25) is 0 Å². The molecule has 1 amide bonds. The Morgan fingerprint density at radius 1 is 1.45 bits per heavy atom. The fraction of sp³-hybridized carbons (Fsp3) is 0.714. The highest BCUT2D eigenvalue weighted by Gasteiger charge is 2.20. The second-order valence-corrected chi connectivity index (χ2v) is 2.63. The minimum Gasteiger partial charge on any atom is -0.393 e. The van der Waals surface area contributed by atoms with Crippen LogP contribution in [0.4, 0.5) is 0 Å². The van der Waals surface area contributed by atoms with Crippen LogP contribution in [-0.4, -0.2) is 41.4 Å². The summed E-state index contributed by atoms with van der Waals surface area (Å²) in [6, 6.07) is 0. The zero-order valence-electron chi connectivity index (χ0n) is 6.12. The molecule has 1 aliphatic heterocycles. The van der Waals surface area contributed by atoms with Gasteiger partial charge in [-0.1, -0.05) is 0 Å². The first kappa shape index (κ1) is 8.20. The predicted molar refractivity (Wildman–Crippen MR) is 37.5 cm³/mol. The van der Waals surface area contributed by atoms with Gasteiger partial charge in [0.15, 0.2) is 0 Å². The third-order valence-electron chi connectivity index (χ3n) is 1.84. The average Bonchev–Trinajstić information content (AvgIpc) is 2.05. The number of piperidine rings is 1. The van der Waals surface area contributed by atoms with Crippen LogP contribution in [0.5, 0.6) is 0 Å². The Hall–Kier alpha value is -0.900. The van der Waals surface area contributed by atoms with Crippen LogP contribution < -0.4 is 0 Å². The molecule has 1 N–H and O–H groups in total. The van der Waals surface area contributed by atoms with E-state index in [9.17, 15) is 9.59 Å². The van der Waals surface area contributed by atoms with E-state index < -0.39 is 5.91 Å². The monoisotopic (exact) mass is 156 g/mol. The van der Waals surface area contributed by atoms with Gasteiger partial charge in [-0.05, 0) is 12.8 Å².